The first kappa shape index (κ1) is 11.8. The Labute approximate surface area is 99.2 Å². The van der Waals surface area contributed by atoms with E-state index in [4.69, 9.17) is 4.74 Å². The summed E-state index contributed by atoms with van der Waals surface area (Å²) >= 11 is 0. The van der Waals surface area contributed by atoms with Gasteiger partial charge in [-0.1, -0.05) is 0 Å². The molecule has 6 nitrogen and oxygen atoms in total. The van der Waals surface area contributed by atoms with Crippen molar-refractivity contribution in [3.63, 3.8) is 0 Å². The van der Waals surface area contributed by atoms with Crippen molar-refractivity contribution in [1.29, 1.82) is 0 Å². The summed E-state index contributed by atoms with van der Waals surface area (Å²) < 4.78 is 5.46. The van der Waals surface area contributed by atoms with Gasteiger partial charge in [-0.2, -0.15) is 0 Å². The smallest absolute Gasteiger partial charge is 0.363 e. The molecule has 2 unspecified atom stereocenters. The first-order chi connectivity index (χ1) is 8.16. The summed E-state index contributed by atoms with van der Waals surface area (Å²) in [5.74, 6) is 0.360. The lowest BCUT2D eigenvalue weighted by atomic mass is 10.0. The molecule has 0 amide bonds. The van der Waals surface area contributed by atoms with Gasteiger partial charge in [-0.15, -0.1) is 0 Å². The number of rotatable bonds is 4. The number of ether oxygens (including phenoxy) is 1. The van der Waals surface area contributed by atoms with Gasteiger partial charge >= 0.3 is 5.82 Å². The second-order valence-corrected chi connectivity index (χ2v) is 4.17. The van der Waals surface area contributed by atoms with Crippen LogP contribution < -0.4 is 5.32 Å². The lowest BCUT2D eigenvalue weighted by molar-refractivity contribution is -0.389. The molecular weight excluding hydrogens is 222 g/mol. The fourth-order valence-corrected chi connectivity index (χ4v) is 1.89. The Kier molecular flexibility index (Phi) is 3.53. The monoisotopic (exact) mass is 237 g/mol. The molecular formula is C11H15N3O3. The van der Waals surface area contributed by atoms with Crippen LogP contribution in [0.1, 0.15) is 13.3 Å². The number of nitrogens with one attached hydrogen (secondary N) is 1. The Morgan fingerprint density at radius 3 is 3.00 bits per heavy atom. The van der Waals surface area contributed by atoms with Gasteiger partial charge in [-0.25, -0.2) is 0 Å². The molecule has 1 saturated heterocycles. The van der Waals surface area contributed by atoms with Crippen molar-refractivity contribution in [3.05, 3.63) is 28.4 Å². The zero-order valence-corrected chi connectivity index (χ0v) is 9.63. The van der Waals surface area contributed by atoms with E-state index in [0.717, 1.165) is 25.3 Å². The average molecular weight is 237 g/mol. The van der Waals surface area contributed by atoms with Gasteiger partial charge in [0.25, 0.3) is 0 Å². The average Bonchev–Trinajstić information content (AvgIpc) is 2.73. The Morgan fingerprint density at radius 2 is 2.47 bits per heavy atom. The molecule has 0 bridgehead atoms. The van der Waals surface area contributed by atoms with Crippen molar-refractivity contribution in [2.45, 2.75) is 19.4 Å². The quantitative estimate of drug-likeness (QED) is 0.638. The molecule has 0 saturated carbocycles. The summed E-state index contributed by atoms with van der Waals surface area (Å²) in [5, 5.41) is 13.6. The Bertz CT molecular complexity index is 393. The predicted octanol–water partition coefficient (Wildman–Crippen LogP) is 1.83. The molecule has 0 aliphatic carbocycles. The van der Waals surface area contributed by atoms with Crippen LogP contribution in [0.2, 0.25) is 0 Å². The highest BCUT2D eigenvalue weighted by molar-refractivity contribution is 5.43. The van der Waals surface area contributed by atoms with Gasteiger partial charge in [0.05, 0.1) is 11.8 Å². The van der Waals surface area contributed by atoms with Crippen LogP contribution in [0.4, 0.5) is 11.5 Å². The molecule has 1 aliphatic rings. The molecule has 2 heterocycles. The van der Waals surface area contributed by atoms with Gasteiger partial charge in [-0.3, -0.25) is 0 Å². The van der Waals surface area contributed by atoms with Crippen LogP contribution in [0.15, 0.2) is 18.3 Å². The molecule has 0 aromatic carbocycles. The van der Waals surface area contributed by atoms with Crippen molar-refractivity contribution < 1.29 is 9.66 Å². The summed E-state index contributed by atoms with van der Waals surface area (Å²) in [7, 11) is 0. The molecule has 0 radical (unpaired) electrons. The lowest BCUT2D eigenvalue weighted by Gasteiger charge is -2.14. The highest BCUT2D eigenvalue weighted by Crippen LogP contribution is 2.21. The maximum absolute atomic E-state index is 10.4. The number of pyridine rings is 1. The van der Waals surface area contributed by atoms with E-state index in [2.05, 4.69) is 17.2 Å². The fourth-order valence-electron chi connectivity index (χ4n) is 1.89. The van der Waals surface area contributed by atoms with Crippen LogP contribution in [-0.4, -0.2) is 29.2 Å². The van der Waals surface area contributed by atoms with E-state index < -0.39 is 4.92 Å². The maximum Gasteiger partial charge on any atom is 0.363 e. The minimum absolute atomic E-state index is 0.131. The SMILES string of the molecule is CC1OCCC1CNc1ccc([N+](=O)[O-])nc1. The van der Waals surface area contributed by atoms with Gasteiger partial charge in [0.2, 0.25) is 0 Å². The van der Waals surface area contributed by atoms with Crippen LogP contribution in [-0.2, 0) is 4.74 Å². The van der Waals surface area contributed by atoms with E-state index >= 15 is 0 Å². The van der Waals surface area contributed by atoms with Crippen LogP contribution in [0.5, 0.6) is 0 Å². The maximum atomic E-state index is 10.4. The number of anilines is 1. The molecule has 1 aromatic heterocycles. The van der Waals surface area contributed by atoms with E-state index in [1.807, 2.05) is 0 Å². The molecule has 2 atom stereocenters. The van der Waals surface area contributed by atoms with Gasteiger partial charge in [0.15, 0.2) is 6.20 Å². The van der Waals surface area contributed by atoms with E-state index in [1.165, 1.54) is 12.3 Å². The van der Waals surface area contributed by atoms with Crippen molar-refractivity contribution in [2.24, 2.45) is 5.92 Å². The van der Waals surface area contributed by atoms with Gasteiger partial charge in [0, 0.05) is 25.1 Å². The number of aromatic nitrogens is 1. The third-order valence-electron chi connectivity index (χ3n) is 3.04. The first-order valence-electron chi connectivity index (χ1n) is 5.63. The summed E-state index contributed by atoms with van der Waals surface area (Å²) in [6.45, 7) is 3.68. The van der Waals surface area contributed by atoms with Crippen molar-refractivity contribution in [1.82, 2.24) is 4.98 Å². The van der Waals surface area contributed by atoms with Crippen molar-refractivity contribution >= 4 is 11.5 Å². The van der Waals surface area contributed by atoms with E-state index in [9.17, 15) is 10.1 Å². The third kappa shape index (κ3) is 2.91. The highest BCUT2D eigenvalue weighted by Gasteiger charge is 2.23. The normalized spacial score (nSPS) is 23.6. The molecule has 1 N–H and O–H groups in total. The van der Waals surface area contributed by atoms with Gasteiger partial charge in [0.1, 0.15) is 0 Å². The standard InChI is InChI=1S/C11H15N3O3/c1-8-9(4-5-17-8)6-12-10-2-3-11(13-7-10)14(15)16/h2-3,7-9,12H,4-6H2,1H3. The fraction of sp³-hybridized carbons (Fsp3) is 0.545. The van der Waals surface area contributed by atoms with E-state index in [0.29, 0.717) is 5.92 Å². The minimum atomic E-state index is -0.503. The van der Waals surface area contributed by atoms with Crippen LogP contribution >= 0.6 is 0 Å². The molecule has 6 heteroatoms. The molecule has 17 heavy (non-hydrogen) atoms. The van der Waals surface area contributed by atoms with Gasteiger partial charge in [-0.05, 0) is 29.3 Å². The van der Waals surface area contributed by atoms with Crippen LogP contribution in [0, 0.1) is 16.0 Å². The lowest BCUT2D eigenvalue weighted by Crippen LogP contribution is -2.20. The number of nitrogens with zero attached hydrogens (tertiary/aromatic N) is 2. The predicted molar refractivity (Wildman–Crippen MR) is 62.9 cm³/mol. The van der Waals surface area contributed by atoms with E-state index in [1.54, 1.807) is 6.07 Å². The van der Waals surface area contributed by atoms with Gasteiger partial charge < -0.3 is 20.2 Å². The summed E-state index contributed by atoms with van der Waals surface area (Å²) in [6, 6.07) is 3.07. The molecule has 0 spiro atoms. The van der Waals surface area contributed by atoms with Crippen molar-refractivity contribution in [3.8, 4) is 0 Å². The summed E-state index contributed by atoms with van der Waals surface area (Å²) in [6.07, 6.45) is 2.81. The Balaban J connectivity index is 1.88. The Hall–Kier alpha value is -1.69. The largest absolute Gasteiger partial charge is 0.382 e. The molecule has 92 valence electrons. The van der Waals surface area contributed by atoms with E-state index in [-0.39, 0.29) is 11.9 Å². The molecule has 1 aliphatic heterocycles. The van der Waals surface area contributed by atoms with Crippen LogP contribution in [0.25, 0.3) is 0 Å². The van der Waals surface area contributed by atoms with Crippen molar-refractivity contribution in [2.75, 3.05) is 18.5 Å². The second kappa shape index (κ2) is 5.09. The molecule has 1 fully saturated rings. The summed E-state index contributed by atoms with van der Waals surface area (Å²) in [5.41, 5.74) is 0.801. The second-order valence-electron chi connectivity index (χ2n) is 4.17. The molecule has 1 aromatic rings. The number of nitro groups is 1. The zero-order chi connectivity index (χ0) is 12.3. The summed E-state index contributed by atoms with van der Waals surface area (Å²) in [4.78, 5) is 13.7. The molecule has 2 rings (SSSR count). The number of hydrogen-bond donors (Lipinski definition) is 1. The topological polar surface area (TPSA) is 77.3 Å². The zero-order valence-electron chi connectivity index (χ0n) is 9.63. The minimum Gasteiger partial charge on any atom is -0.382 e. The number of hydrogen-bond acceptors (Lipinski definition) is 5. The first-order valence-corrected chi connectivity index (χ1v) is 5.63. The third-order valence-corrected chi connectivity index (χ3v) is 3.04. The highest BCUT2D eigenvalue weighted by atomic mass is 16.6. The van der Waals surface area contributed by atoms with Crippen LogP contribution in [0.3, 0.4) is 0 Å². The Morgan fingerprint density at radius 1 is 1.65 bits per heavy atom.